The lowest BCUT2D eigenvalue weighted by atomic mass is 10.1. The van der Waals surface area contributed by atoms with Crippen LogP contribution in [-0.4, -0.2) is 10.7 Å². The molecule has 0 aromatic heterocycles. The van der Waals surface area contributed by atoms with Gasteiger partial charge in [0.25, 0.3) is 5.69 Å². The Hall–Kier alpha value is -2.87. The molecule has 0 bridgehead atoms. The van der Waals surface area contributed by atoms with Gasteiger partial charge in [-0.25, -0.2) is 0 Å². The molecule has 9 heteroatoms. The smallest absolute Gasteiger partial charge is 0.416 e. The number of alkyl halides is 3. The van der Waals surface area contributed by atoms with Crippen molar-refractivity contribution < 1.29 is 27.6 Å². The predicted molar refractivity (Wildman–Crippen MR) is 88.8 cm³/mol. The van der Waals surface area contributed by atoms with Crippen molar-refractivity contribution in [2.45, 2.75) is 12.6 Å². The van der Waals surface area contributed by atoms with E-state index in [0.29, 0.717) is 6.07 Å². The number of nitrogens with zero attached hydrogens (tertiary/aromatic N) is 1. The van der Waals surface area contributed by atoms with Gasteiger partial charge >= 0.3 is 6.18 Å². The Balaban J connectivity index is 2.38. The van der Waals surface area contributed by atoms with E-state index >= 15 is 0 Å². The average Bonchev–Trinajstić information content (AvgIpc) is 2.55. The Morgan fingerprint density at radius 2 is 1.96 bits per heavy atom. The fourth-order valence-corrected chi connectivity index (χ4v) is 2.31. The van der Waals surface area contributed by atoms with Gasteiger partial charge in [0.2, 0.25) is 0 Å². The van der Waals surface area contributed by atoms with Crippen LogP contribution in [0.1, 0.15) is 22.3 Å². The first kappa shape index (κ1) is 19.5. The van der Waals surface area contributed by atoms with Crippen LogP contribution in [0.4, 0.5) is 18.9 Å². The summed E-state index contributed by atoms with van der Waals surface area (Å²) in [5, 5.41) is 10.8. The monoisotopic (exact) mass is 385 g/mol. The SMILES string of the molecule is C=CCC(=O)c1cc(Oc2ccc(C(F)(F)F)cc2Cl)ccc1[N+](=O)[O-]. The third-order valence-electron chi connectivity index (χ3n) is 3.28. The maximum absolute atomic E-state index is 12.7. The van der Waals surface area contributed by atoms with E-state index in [1.807, 2.05) is 0 Å². The number of rotatable bonds is 6. The molecule has 0 spiro atoms. The van der Waals surface area contributed by atoms with Crippen LogP contribution < -0.4 is 4.74 Å². The van der Waals surface area contributed by atoms with E-state index in [9.17, 15) is 28.1 Å². The fraction of sp³-hybridized carbons (Fsp3) is 0.118. The number of Topliss-reactive ketones (excluding diaryl/α,β-unsaturated/α-hetero) is 1. The highest BCUT2D eigenvalue weighted by Crippen LogP contribution is 2.37. The second-order valence-electron chi connectivity index (χ2n) is 5.10. The summed E-state index contributed by atoms with van der Waals surface area (Å²) in [6, 6.07) is 5.94. The molecular formula is C17H11ClF3NO4. The number of carbonyl (C=O) groups excluding carboxylic acids is 1. The van der Waals surface area contributed by atoms with Crippen molar-refractivity contribution in [3.8, 4) is 11.5 Å². The van der Waals surface area contributed by atoms with E-state index in [0.717, 1.165) is 24.3 Å². The van der Waals surface area contributed by atoms with Crippen LogP contribution in [0.5, 0.6) is 11.5 Å². The number of ether oxygens (including phenoxy) is 1. The Kier molecular flexibility index (Phi) is 5.66. The first-order chi connectivity index (χ1) is 12.1. The Bertz CT molecular complexity index is 881. The van der Waals surface area contributed by atoms with E-state index < -0.39 is 28.1 Å². The van der Waals surface area contributed by atoms with E-state index in [4.69, 9.17) is 16.3 Å². The molecule has 0 aliphatic rings. The van der Waals surface area contributed by atoms with Gasteiger partial charge in [-0.15, -0.1) is 6.58 Å². The summed E-state index contributed by atoms with van der Waals surface area (Å²) < 4.78 is 43.3. The van der Waals surface area contributed by atoms with Crippen LogP contribution in [0.25, 0.3) is 0 Å². The molecule has 26 heavy (non-hydrogen) atoms. The Morgan fingerprint density at radius 3 is 2.50 bits per heavy atom. The molecule has 0 saturated heterocycles. The second kappa shape index (κ2) is 7.57. The second-order valence-corrected chi connectivity index (χ2v) is 5.50. The number of nitro groups is 1. The Labute approximate surface area is 150 Å². The van der Waals surface area contributed by atoms with Crippen molar-refractivity contribution in [1.29, 1.82) is 0 Å². The highest BCUT2D eigenvalue weighted by molar-refractivity contribution is 6.32. The number of carbonyl (C=O) groups is 1. The number of allylic oxidation sites excluding steroid dienone is 1. The molecule has 0 fully saturated rings. The maximum atomic E-state index is 12.7. The van der Waals surface area contributed by atoms with Crippen molar-refractivity contribution in [2.75, 3.05) is 0 Å². The first-order valence-electron chi connectivity index (χ1n) is 7.10. The lowest BCUT2D eigenvalue weighted by Gasteiger charge is -2.12. The molecule has 0 aliphatic heterocycles. The summed E-state index contributed by atoms with van der Waals surface area (Å²) in [7, 11) is 0. The maximum Gasteiger partial charge on any atom is 0.416 e. The van der Waals surface area contributed by atoms with Gasteiger partial charge < -0.3 is 4.74 Å². The van der Waals surface area contributed by atoms with Crippen LogP contribution in [0.3, 0.4) is 0 Å². The van der Waals surface area contributed by atoms with Gasteiger partial charge in [-0.1, -0.05) is 17.7 Å². The minimum atomic E-state index is -4.56. The van der Waals surface area contributed by atoms with E-state index in [1.54, 1.807) is 0 Å². The summed E-state index contributed by atoms with van der Waals surface area (Å²) in [5.41, 5.74) is -1.56. The van der Waals surface area contributed by atoms with Crippen LogP contribution >= 0.6 is 11.6 Å². The number of hydrogen-bond acceptors (Lipinski definition) is 4. The lowest BCUT2D eigenvalue weighted by molar-refractivity contribution is -0.385. The van der Waals surface area contributed by atoms with E-state index in [1.165, 1.54) is 12.1 Å². The average molecular weight is 386 g/mol. The third kappa shape index (κ3) is 4.40. The highest BCUT2D eigenvalue weighted by Gasteiger charge is 2.31. The molecule has 0 amide bonds. The van der Waals surface area contributed by atoms with Crippen molar-refractivity contribution >= 4 is 23.1 Å². The fourth-order valence-electron chi connectivity index (χ4n) is 2.09. The van der Waals surface area contributed by atoms with Crippen LogP contribution in [-0.2, 0) is 6.18 Å². The molecule has 0 aliphatic carbocycles. The Morgan fingerprint density at radius 1 is 1.27 bits per heavy atom. The van der Waals surface area contributed by atoms with Crippen molar-refractivity contribution in [3.05, 3.63) is 75.3 Å². The summed E-state index contributed by atoms with van der Waals surface area (Å²) >= 11 is 5.81. The van der Waals surface area contributed by atoms with Crippen molar-refractivity contribution in [1.82, 2.24) is 0 Å². The first-order valence-corrected chi connectivity index (χ1v) is 7.48. The lowest BCUT2D eigenvalue weighted by Crippen LogP contribution is -2.05. The summed E-state index contributed by atoms with van der Waals surface area (Å²) in [4.78, 5) is 22.3. The molecular weight excluding hydrogens is 375 g/mol. The van der Waals surface area contributed by atoms with Crippen molar-refractivity contribution in [3.63, 3.8) is 0 Å². The molecule has 0 unspecified atom stereocenters. The topological polar surface area (TPSA) is 69.4 Å². The summed E-state index contributed by atoms with van der Waals surface area (Å²) in [6.07, 6.45) is -3.38. The molecule has 0 radical (unpaired) electrons. The van der Waals surface area contributed by atoms with Gasteiger partial charge in [0.05, 0.1) is 21.1 Å². The summed E-state index contributed by atoms with van der Waals surface area (Å²) in [6.45, 7) is 3.40. The van der Waals surface area contributed by atoms with Gasteiger partial charge in [-0.05, 0) is 30.3 Å². The van der Waals surface area contributed by atoms with Gasteiger partial charge in [0.15, 0.2) is 5.78 Å². The van der Waals surface area contributed by atoms with Crippen molar-refractivity contribution in [2.24, 2.45) is 0 Å². The predicted octanol–water partition coefficient (Wildman–Crippen LogP) is 5.82. The molecule has 5 nitrogen and oxygen atoms in total. The van der Waals surface area contributed by atoms with Gasteiger partial charge in [0.1, 0.15) is 11.5 Å². The molecule has 2 rings (SSSR count). The number of ketones is 1. The normalized spacial score (nSPS) is 11.1. The molecule has 2 aromatic rings. The quantitative estimate of drug-likeness (QED) is 0.272. The number of nitro benzene ring substituents is 1. The van der Waals surface area contributed by atoms with Crippen LogP contribution in [0.15, 0.2) is 49.1 Å². The standard InChI is InChI=1S/C17H11ClF3NO4/c1-2-3-15(23)12-9-11(5-6-14(12)22(24)25)26-16-7-4-10(8-13(16)18)17(19,20)21/h2,4-9H,1,3H2. The van der Waals surface area contributed by atoms with Gasteiger partial charge in [-0.2, -0.15) is 13.2 Å². The number of halogens is 4. The molecule has 0 atom stereocenters. The van der Waals surface area contributed by atoms with E-state index in [-0.39, 0.29) is 28.5 Å². The zero-order chi connectivity index (χ0) is 19.5. The highest BCUT2D eigenvalue weighted by atomic mass is 35.5. The van der Waals surface area contributed by atoms with Crippen LogP contribution in [0, 0.1) is 10.1 Å². The van der Waals surface area contributed by atoms with Gasteiger partial charge in [-0.3, -0.25) is 14.9 Å². The summed E-state index contributed by atoms with van der Waals surface area (Å²) in [5.74, 6) is -0.615. The minimum absolute atomic E-state index is 0.0182. The number of hydrogen-bond donors (Lipinski definition) is 0. The van der Waals surface area contributed by atoms with E-state index in [2.05, 4.69) is 6.58 Å². The third-order valence-corrected chi connectivity index (χ3v) is 3.58. The minimum Gasteiger partial charge on any atom is -0.456 e. The largest absolute Gasteiger partial charge is 0.456 e. The van der Waals surface area contributed by atoms with Gasteiger partial charge in [0, 0.05) is 12.5 Å². The zero-order valence-corrected chi connectivity index (χ0v) is 13.8. The molecule has 0 N–H and O–H groups in total. The molecule has 0 saturated carbocycles. The zero-order valence-electron chi connectivity index (χ0n) is 13.0. The molecule has 136 valence electrons. The number of benzene rings is 2. The molecule has 2 aromatic carbocycles. The van der Waals surface area contributed by atoms with Crippen LogP contribution in [0.2, 0.25) is 5.02 Å². The molecule has 0 heterocycles.